The van der Waals surface area contributed by atoms with Crippen LogP contribution in [0.15, 0.2) is 6.07 Å². The number of aliphatic hydroxyl groups excluding tert-OH is 1. The minimum atomic E-state index is -0.193. The highest BCUT2D eigenvalue weighted by molar-refractivity contribution is 5.41. The van der Waals surface area contributed by atoms with Gasteiger partial charge in [0.25, 0.3) is 0 Å². The number of hydrogen-bond acceptors (Lipinski definition) is 6. The van der Waals surface area contributed by atoms with Crippen molar-refractivity contribution >= 4 is 5.95 Å². The SMILES string of the molecule is COc1cc(OC)nc(N2C3CCC2CC(O)C3)n1. The molecule has 0 aromatic carbocycles. The van der Waals surface area contributed by atoms with Crippen LogP contribution < -0.4 is 14.4 Å². The highest BCUT2D eigenvalue weighted by Gasteiger charge is 2.41. The fourth-order valence-electron chi connectivity index (χ4n) is 3.19. The van der Waals surface area contributed by atoms with Crippen LogP contribution >= 0.6 is 0 Å². The van der Waals surface area contributed by atoms with Gasteiger partial charge in [-0.05, 0) is 25.7 Å². The second-order valence-electron chi connectivity index (χ2n) is 5.17. The highest BCUT2D eigenvalue weighted by Crippen LogP contribution is 2.38. The zero-order valence-electron chi connectivity index (χ0n) is 11.2. The van der Waals surface area contributed by atoms with Crippen molar-refractivity contribution in [3.8, 4) is 11.8 Å². The summed E-state index contributed by atoms with van der Waals surface area (Å²) in [5.41, 5.74) is 0. The largest absolute Gasteiger partial charge is 0.481 e. The number of aliphatic hydroxyl groups is 1. The highest BCUT2D eigenvalue weighted by atomic mass is 16.5. The van der Waals surface area contributed by atoms with Crippen molar-refractivity contribution in [2.45, 2.75) is 43.9 Å². The predicted molar refractivity (Wildman–Crippen MR) is 69.7 cm³/mol. The number of ether oxygens (including phenoxy) is 2. The van der Waals surface area contributed by atoms with Crippen LogP contribution in [0.25, 0.3) is 0 Å². The van der Waals surface area contributed by atoms with Crippen LogP contribution in [0, 0.1) is 0 Å². The lowest BCUT2D eigenvalue weighted by atomic mass is 10.0. The Bertz CT molecular complexity index is 432. The summed E-state index contributed by atoms with van der Waals surface area (Å²) in [6.45, 7) is 0. The second-order valence-corrected chi connectivity index (χ2v) is 5.17. The number of nitrogens with zero attached hydrogens (tertiary/aromatic N) is 3. The van der Waals surface area contributed by atoms with Crippen LogP contribution in [0.3, 0.4) is 0 Å². The summed E-state index contributed by atoms with van der Waals surface area (Å²) in [5, 5.41) is 9.84. The van der Waals surface area contributed by atoms with E-state index in [1.165, 1.54) is 0 Å². The average Bonchev–Trinajstić information content (AvgIpc) is 2.70. The van der Waals surface area contributed by atoms with Gasteiger partial charge in [0, 0.05) is 12.1 Å². The van der Waals surface area contributed by atoms with E-state index in [4.69, 9.17) is 9.47 Å². The first kappa shape index (κ1) is 12.5. The molecule has 3 heterocycles. The van der Waals surface area contributed by atoms with Gasteiger partial charge in [-0.25, -0.2) is 0 Å². The fourth-order valence-corrected chi connectivity index (χ4v) is 3.19. The van der Waals surface area contributed by atoms with Crippen molar-refractivity contribution in [3.63, 3.8) is 0 Å². The zero-order valence-corrected chi connectivity index (χ0v) is 11.2. The monoisotopic (exact) mass is 265 g/mol. The molecule has 0 spiro atoms. The number of fused-ring (bicyclic) bond motifs is 2. The summed E-state index contributed by atoms with van der Waals surface area (Å²) in [7, 11) is 3.17. The summed E-state index contributed by atoms with van der Waals surface area (Å²) in [4.78, 5) is 11.1. The molecule has 0 aliphatic carbocycles. The van der Waals surface area contributed by atoms with Gasteiger partial charge < -0.3 is 19.5 Å². The molecule has 6 nitrogen and oxygen atoms in total. The fraction of sp³-hybridized carbons (Fsp3) is 0.692. The summed E-state index contributed by atoms with van der Waals surface area (Å²) in [6, 6.07) is 2.32. The topological polar surface area (TPSA) is 67.7 Å². The van der Waals surface area contributed by atoms with Crippen LogP contribution in [0.2, 0.25) is 0 Å². The normalized spacial score (nSPS) is 29.4. The number of hydrogen-bond donors (Lipinski definition) is 1. The van der Waals surface area contributed by atoms with E-state index in [-0.39, 0.29) is 6.10 Å². The van der Waals surface area contributed by atoms with Gasteiger partial charge in [-0.1, -0.05) is 0 Å². The first-order valence-corrected chi connectivity index (χ1v) is 6.64. The lowest BCUT2D eigenvalue weighted by molar-refractivity contribution is 0.125. The molecule has 0 saturated carbocycles. The molecule has 19 heavy (non-hydrogen) atoms. The molecule has 0 radical (unpaired) electrons. The van der Waals surface area contributed by atoms with E-state index in [1.807, 2.05) is 0 Å². The molecule has 6 heteroatoms. The summed E-state index contributed by atoms with van der Waals surface area (Å²) >= 11 is 0. The van der Waals surface area contributed by atoms with Crippen LogP contribution in [0.4, 0.5) is 5.95 Å². The minimum absolute atomic E-state index is 0.193. The molecule has 104 valence electrons. The van der Waals surface area contributed by atoms with E-state index < -0.39 is 0 Å². The third-order valence-corrected chi connectivity index (χ3v) is 4.02. The van der Waals surface area contributed by atoms with Crippen LogP contribution in [0.1, 0.15) is 25.7 Å². The molecule has 0 amide bonds. The number of rotatable bonds is 3. The minimum Gasteiger partial charge on any atom is -0.481 e. The Labute approximate surface area is 112 Å². The van der Waals surface area contributed by atoms with Gasteiger partial charge >= 0.3 is 0 Å². The van der Waals surface area contributed by atoms with E-state index in [0.717, 1.165) is 25.7 Å². The Morgan fingerprint density at radius 1 is 1.11 bits per heavy atom. The summed E-state index contributed by atoms with van der Waals surface area (Å²) in [5.74, 6) is 1.66. The third-order valence-electron chi connectivity index (χ3n) is 4.02. The van der Waals surface area contributed by atoms with Gasteiger partial charge in [0.1, 0.15) is 0 Å². The maximum Gasteiger partial charge on any atom is 0.232 e. The molecule has 2 aliphatic rings. The maximum atomic E-state index is 9.84. The second kappa shape index (κ2) is 4.85. The lowest BCUT2D eigenvalue weighted by Crippen LogP contribution is -2.45. The molecule has 1 aromatic rings. The number of methoxy groups -OCH3 is 2. The van der Waals surface area contributed by atoms with Crippen molar-refractivity contribution < 1.29 is 14.6 Å². The van der Waals surface area contributed by atoms with E-state index in [0.29, 0.717) is 29.8 Å². The molecular formula is C13H19N3O3. The van der Waals surface area contributed by atoms with Crippen LogP contribution in [-0.2, 0) is 0 Å². The third kappa shape index (κ3) is 2.20. The molecule has 2 saturated heterocycles. The van der Waals surface area contributed by atoms with Crippen molar-refractivity contribution in [2.75, 3.05) is 19.1 Å². The Morgan fingerprint density at radius 2 is 1.63 bits per heavy atom. The quantitative estimate of drug-likeness (QED) is 0.879. The molecular weight excluding hydrogens is 246 g/mol. The maximum absolute atomic E-state index is 9.84. The zero-order chi connectivity index (χ0) is 13.4. The Hall–Kier alpha value is -1.56. The van der Waals surface area contributed by atoms with Gasteiger partial charge in [-0.2, -0.15) is 9.97 Å². The molecule has 1 aromatic heterocycles. The van der Waals surface area contributed by atoms with E-state index in [9.17, 15) is 5.11 Å². The molecule has 3 rings (SSSR count). The first-order valence-electron chi connectivity index (χ1n) is 6.64. The van der Waals surface area contributed by atoms with Gasteiger partial charge in [0.15, 0.2) is 0 Å². The smallest absolute Gasteiger partial charge is 0.232 e. The van der Waals surface area contributed by atoms with E-state index in [2.05, 4.69) is 14.9 Å². The molecule has 2 aliphatic heterocycles. The average molecular weight is 265 g/mol. The van der Waals surface area contributed by atoms with Crippen LogP contribution in [0.5, 0.6) is 11.8 Å². The van der Waals surface area contributed by atoms with Gasteiger partial charge in [0.05, 0.1) is 26.4 Å². The molecule has 1 N–H and O–H groups in total. The van der Waals surface area contributed by atoms with Gasteiger partial charge in [-0.3, -0.25) is 0 Å². The first-order chi connectivity index (χ1) is 9.21. The molecule has 2 fully saturated rings. The summed E-state index contributed by atoms with van der Waals surface area (Å²) < 4.78 is 10.4. The molecule has 2 bridgehead atoms. The molecule has 2 atom stereocenters. The standard InChI is InChI=1S/C13H19N3O3/c1-18-11-7-12(19-2)15-13(14-11)16-8-3-4-9(16)6-10(17)5-8/h7-10,17H,3-6H2,1-2H3. The van der Waals surface area contributed by atoms with Gasteiger partial charge in [-0.15, -0.1) is 0 Å². The molecule has 2 unspecified atom stereocenters. The summed E-state index contributed by atoms with van der Waals surface area (Å²) in [6.07, 6.45) is 3.56. The number of piperidine rings is 1. The van der Waals surface area contributed by atoms with Crippen molar-refractivity contribution in [1.82, 2.24) is 9.97 Å². The Kier molecular flexibility index (Phi) is 3.18. The predicted octanol–water partition coefficient (Wildman–Crippen LogP) is 0.986. The van der Waals surface area contributed by atoms with Crippen molar-refractivity contribution in [1.29, 1.82) is 0 Å². The Balaban J connectivity index is 1.94. The van der Waals surface area contributed by atoms with E-state index in [1.54, 1.807) is 20.3 Å². The Morgan fingerprint density at radius 3 is 2.11 bits per heavy atom. The number of aromatic nitrogens is 2. The number of anilines is 1. The van der Waals surface area contributed by atoms with Crippen molar-refractivity contribution in [2.24, 2.45) is 0 Å². The lowest BCUT2D eigenvalue weighted by Gasteiger charge is -2.37. The van der Waals surface area contributed by atoms with E-state index >= 15 is 0 Å². The van der Waals surface area contributed by atoms with Gasteiger partial charge in [0.2, 0.25) is 17.7 Å². The van der Waals surface area contributed by atoms with Crippen LogP contribution in [-0.4, -0.2) is 47.5 Å². The van der Waals surface area contributed by atoms with Crippen molar-refractivity contribution in [3.05, 3.63) is 6.07 Å².